The van der Waals surface area contributed by atoms with Gasteiger partial charge in [0.05, 0.1) is 35.3 Å². The van der Waals surface area contributed by atoms with Gasteiger partial charge in [-0.1, -0.05) is 17.7 Å². The van der Waals surface area contributed by atoms with Gasteiger partial charge in [-0.25, -0.2) is 19.2 Å². The van der Waals surface area contributed by atoms with E-state index in [9.17, 15) is 9.18 Å². The maximum atomic E-state index is 14.5. The molecule has 0 atom stereocenters. The molecule has 0 aliphatic heterocycles. The quantitative estimate of drug-likeness (QED) is 0.279. The third kappa shape index (κ3) is 5.76. The monoisotopic (exact) mass is 517 g/mol. The zero-order valence-corrected chi connectivity index (χ0v) is 20.6. The molecule has 0 radical (unpaired) electrons. The Morgan fingerprint density at radius 3 is 2.70 bits per heavy atom. The van der Waals surface area contributed by atoms with Crippen LogP contribution >= 0.6 is 11.6 Å². The topological polar surface area (TPSA) is 98.9 Å². The van der Waals surface area contributed by atoms with Crippen LogP contribution in [0.3, 0.4) is 0 Å². The van der Waals surface area contributed by atoms with Crippen molar-refractivity contribution in [3.8, 4) is 28.6 Å². The molecule has 3 heterocycles. The normalized spacial score (nSPS) is 10.8. The number of carbonyl (C=O) groups is 1. The predicted molar refractivity (Wildman–Crippen MR) is 139 cm³/mol. The van der Waals surface area contributed by atoms with E-state index in [-0.39, 0.29) is 5.69 Å². The smallest absolute Gasteiger partial charge is 0.323 e. The number of rotatable bonds is 6. The van der Waals surface area contributed by atoms with Crippen LogP contribution in [0.25, 0.3) is 16.9 Å². The number of benzene rings is 2. The first kappa shape index (κ1) is 24.0. The Morgan fingerprint density at radius 2 is 1.95 bits per heavy atom. The van der Waals surface area contributed by atoms with Gasteiger partial charge < -0.3 is 19.9 Å². The number of aromatic nitrogens is 5. The van der Waals surface area contributed by atoms with Gasteiger partial charge >= 0.3 is 6.03 Å². The highest BCUT2D eigenvalue weighted by atomic mass is 35.5. The van der Waals surface area contributed by atoms with Crippen LogP contribution < -0.4 is 15.4 Å². The minimum Gasteiger partial charge on any atom is -0.439 e. The van der Waals surface area contributed by atoms with Crippen LogP contribution in [-0.4, -0.2) is 30.3 Å². The largest absolute Gasteiger partial charge is 0.439 e. The van der Waals surface area contributed by atoms with E-state index in [0.717, 1.165) is 11.3 Å². The molecule has 5 aromatic rings. The van der Waals surface area contributed by atoms with Gasteiger partial charge in [-0.05, 0) is 43.3 Å². The molecule has 0 saturated carbocycles. The highest BCUT2D eigenvalue weighted by Crippen LogP contribution is 2.28. The van der Waals surface area contributed by atoms with E-state index < -0.39 is 11.8 Å². The van der Waals surface area contributed by atoms with Crippen LogP contribution in [0.5, 0.6) is 11.6 Å². The summed E-state index contributed by atoms with van der Waals surface area (Å²) >= 11 is 6.23. The van der Waals surface area contributed by atoms with Crippen molar-refractivity contribution in [3.05, 3.63) is 96.0 Å². The van der Waals surface area contributed by atoms with E-state index in [1.807, 2.05) is 32.4 Å². The molecule has 0 aliphatic rings. The summed E-state index contributed by atoms with van der Waals surface area (Å²) in [6.45, 7) is 1.87. The lowest BCUT2D eigenvalue weighted by molar-refractivity contribution is 0.262. The van der Waals surface area contributed by atoms with Crippen molar-refractivity contribution in [2.45, 2.75) is 6.92 Å². The maximum Gasteiger partial charge on any atom is 0.323 e. The summed E-state index contributed by atoms with van der Waals surface area (Å²) in [6, 6.07) is 13.8. The number of carbonyl (C=O) groups excluding carboxylic acids is 1. The van der Waals surface area contributed by atoms with Crippen molar-refractivity contribution in [2.75, 3.05) is 10.6 Å². The zero-order valence-electron chi connectivity index (χ0n) is 19.8. The lowest BCUT2D eigenvalue weighted by atomic mass is 10.2. The summed E-state index contributed by atoms with van der Waals surface area (Å²) in [7, 11) is 1.82. The number of aryl methyl sites for hydroxylation is 2. The molecule has 3 aromatic heterocycles. The Morgan fingerprint density at radius 1 is 1.08 bits per heavy atom. The summed E-state index contributed by atoms with van der Waals surface area (Å²) in [6.07, 6.45) is 7.01. The third-order valence-corrected chi connectivity index (χ3v) is 5.50. The molecule has 37 heavy (non-hydrogen) atoms. The van der Waals surface area contributed by atoms with Crippen LogP contribution in [-0.2, 0) is 7.05 Å². The second kappa shape index (κ2) is 10.1. The number of ether oxygens (including phenoxy) is 1. The van der Waals surface area contributed by atoms with Crippen LogP contribution in [0.15, 0.2) is 79.5 Å². The average molecular weight is 518 g/mol. The van der Waals surface area contributed by atoms with Gasteiger partial charge in [0.25, 0.3) is 0 Å². The summed E-state index contributed by atoms with van der Waals surface area (Å²) in [5.41, 5.74) is 3.42. The predicted octanol–water partition coefficient (Wildman–Crippen LogP) is 6.21. The third-order valence-electron chi connectivity index (χ3n) is 5.28. The molecule has 0 fully saturated rings. The molecular formula is C26H21ClFN7O2. The number of halogens is 2. The summed E-state index contributed by atoms with van der Waals surface area (Å²) in [5, 5.41) is 9.75. The number of urea groups is 1. The van der Waals surface area contributed by atoms with Gasteiger partial charge in [-0.3, -0.25) is 4.68 Å². The van der Waals surface area contributed by atoms with Gasteiger partial charge in [0.2, 0.25) is 5.88 Å². The first-order chi connectivity index (χ1) is 17.8. The fourth-order valence-corrected chi connectivity index (χ4v) is 3.84. The molecule has 0 spiro atoms. The minimum atomic E-state index is -0.650. The Bertz CT molecular complexity index is 1600. The highest BCUT2D eigenvalue weighted by molar-refractivity contribution is 6.31. The molecule has 0 aliphatic carbocycles. The lowest BCUT2D eigenvalue weighted by Gasteiger charge is -2.12. The molecule has 186 valence electrons. The van der Waals surface area contributed by atoms with Gasteiger partial charge in [0.1, 0.15) is 11.6 Å². The number of nitrogens with one attached hydrogen (secondary N) is 2. The van der Waals surface area contributed by atoms with Crippen LogP contribution in [0.4, 0.5) is 20.6 Å². The number of anilines is 2. The molecule has 0 bridgehead atoms. The first-order valence-corrected chi connectivity index (χ1v) is 11.5. The standard InChI is InChI=1S/C26H21ClFN7O2/c1-16-13-35(15-29-16)20-9-18(27)8-19(10-20)31-26(36)33-24-11-21(6-7-22(24)28)37-25-5-3-4-23(32-25)17-12-30-34(2)14-17/h3-15H,1-2H3,(H2,31,33,36). The van der Waals surface area contributed by atoms with E-state index in [4.69, 9.17) is 16.3 Å². The van der Waals surface area contributed by atoms with Crippen molar-refractivity contribution < 1.29 is 13.9 Å². The highest BCUT2D eigenvalue weighted by Gasteiger charge is 2.12. The number of pyridine rings is 1. The van der Waals surface area contributed by atoms with Gasteiger partial charge in [-0.15, -0.1) is 0 Å². The van der Waals surface area contributed by atoms with E-state index in [0.29, 0.717) is 33.7 Å². The Balaban J connectivity index is 1.30. The average Bonchev–Trinajstić information content (AvgIpc) is 3.49. The van der Waals surface area contributed by atoms with Crippen LogP contribution in [0.2, 0.25) is 5.02 Å². The fourth-order valence-electron chi connectivity index (χ4n) is 3.61. The molecular weight excluding hydrogens is 497 g/mol. The second-order valence-electron chi connectivity index (χ2n) is 8.21. The lowest BCUT2D eigenvalue weighted by Crippen LogP contribution is -2.20. The van der Waals surface area contributed by atoms with Crippen molar-refractivity contribution in [1.29, 1.82) is 0 Å². The Kier molecular flexibility index (Phi) is 6.57. The number of hydrogen-bond acceptors (Lipinski definition) is 5. The van der Waals surface area contributed by atoms with Gasteiger partial charge in [0, 0.05) is 47.8 Å². The molecule has 11 heteroatoms. The number of nitrogens with zero attached hydrogens (tertiary/aromatic N) is 5. The van der Waals surface area contributed by atoms with Gasteiger partial charge in [-0.2, -0.15) is 5.10 Å². The van der Waals surface area contributed by atoms with Crippen LogP contribution in [0, 0.1) is 12.7 Å². The van der Waals surface area contributed by atoms with Crippen molar-refractivity contribution in [3.63, 3.8) is 0 Å². The summed E-state index contributed by atoms with van der Waals surface area (Å²) in [4.78, 5) is 21.3. The van der Waals surface area contributed by atoms with E-state index in [1.54, 1.807) is 52.1 Å². The fraction of sp³-hybridized carbons (Fsp3) is 0.0769. The summed E-state index contributed by atoms with van der Waals surface area (Å²) in [5.74, 6) is -0.0159. The van der Waals surface area contributed by atoms with E-state index >= 15 is 0 Å². The number of amides is 2. The van der Waals surface area contributed by atoms with Gasteiger partial charge in [0.15, 0.2) is 0 Å². The molecule has 9 nitrogen and oxygen atoms in total. The molecule has 2 N–H and O–H groups in total. The minimum absolute atomic E-state index is 0.0640. The van der Waals surface area contributed by atoms with E-state index in [1.165, 1.54) is 18.2 Å². The Hall–Kier alpha value is -4.70. The zero-order chi connectivity index (χ0) is 25.9. The van der Waals surface area contributed by atoms with E-state index in [2.05, 4.69) is 25.7 Å². The number of imidazole rings is 1. The van der Waals surface area contributed by atoms with Crippen LogP contribution in [0.1, 0.15) is 5.69 Å². The second-order valence-corrected chi connectivity index (χ2v) is 8.64. The maximum absolute atomic E-state index is 14.5. The van der Waals surface area contributed by atoms with Crippen molar-refractivity contribution in [2.24, 2.45) is 7.05 Å². The van der Waals surface area contributed by atoms with Crippen molar-refractivity contribution >= 4 is 29.0 Å². The molecule has 0 saturated heterocycles. The molecule has 5 rings (SSSR count). The SMILES string of the molecule is Cc1cn(-c2cc(Cl)cc(NC(=O)Nc3cc(Oc4cccc(-c5cnn(C)c5)n4)ccc3F)c2)cn1. The Labute approximate surface area is 216 Å². The molecule has 0 unspecified atom stereocenters. The van der Waals surface area contributed by atoms with Crippen molar-refractivity contribution in [1.82, 2.24) is 24.3 Å². The first-order valence-electron chi connectivity index (χ1n) is 11.2. The number of hydrogen-bond donors (Lipinski definition) is 2. The molecule has 2 amide bonds. The summed E-state index contributed by atoms with van der Waals surface area (Å²) < 4.78 is 23.8. The molecule has 2 aromatic carbocycles.